The Kier molecular flexibility index (Phi) is 5.61. The van der Waals surface area contributed by atoms with Crippen LogP contribution in [0.1, 0.15) is 36.0 Å². The van der Waals surface area contributed by atoms with E-state index in [0.717, 1.165) is 50.5 Å². The maximum absolute atomic E-state index is 10.3. The topological polar surface area (TPSA) is 57.1 Å². The molecule has 3 rings (SSSR count). The summed E-state index contributed by atoms with van der Waals surface area (Å²) >= 11 is 0. The quantitative estimate of drug-likeness (QED) is 0.657. The first-order valence-corrected chi connectivity index (χ1v) is 9.00. The zero-order valence-electron chi connectivity index (χ0n) is 14.8. The number of likely N-dealkylation sites (tertiary alicyclic amines) is 1. The van der Waals surface area contributed by atoms with Crippen LogP contribution in [0.2, 0.25) is 0 Å². The van der Waals surface area contributed by atoms with Crippen molar-refractivity contribution in [1.82, 2.24) is 10.2 Å². The maximum Gasteiger partial charge on any atom is 0.193 e. The van der Waals surface area contributed by atoms with Crippen molar-refractivity contribution in [1.29, 1.82) is 0 Å². The van der Waals surface area contributed by atoms with Gasteiger partial charge in [-0.15, -0.1) is 0 Å². The van der Waals surface area contributed by atoms with Crippen molar-refractivity contribution in [2.24, 2.45) is 10.9 Å². The van der Waals surface area contributed by atoms with E-state index in [0.29, 0.717) is 18.2 Å². The molecule has 5 nitrogen and oxygen atoms in total. The molecular weight excluding hydrogens is 302 g/mol. The van der Waals surface area contributed by atoms with Gasteiger partial charge < -0.3 is 20.1 Å². The monoisotopic (exact) mass is 331 g/mol. The first-order valence-electron chi connectivity index (χ1n) is 9.00. The molecule has 1 aromatic carbocycles. The number of aliphatic imine (C=N–C) groups is 1. The van der Waals surface area contributed by atoms with Crippen LogP contribution < -0.4 is 5.32 Å². The summed E-state index contributed by atoms with van der Waals surface area (Å²) in [5.74, 6) is 1.89. The van der Waals surface area contributed by atoms with Gasteiger partial charge >= 0.3 is 0 Å². The lowest BCUT2D eigenvalue weighted by Crippen LogP contribution is -2.40. The third-order valence-electron chi connectivity index (χ3n) is 5.25. The van der Waals surface area contributed by atoms with Crippen LogP contribution in [0.5, 0.6) is 5.75 Å². The molecule has 1 unspecified atom stereocenters. The summed E-state index contributed by atoms with van der Waals surface area (Å²) in [5, 5.41) is 13.8. The second-order valence-corrected chi connectivity index (χ2v) is 6.86. The summed E-state index contributed by atoms with van der Waals surface area (Å²) in [6.45, 7) is 3.42. The highest BCUT2D eigenvalue weighted by molar-refractivity contribution is 5.80. The number of methoxy groups -OCH3 is 1. The summed E-state index contributed by atoms with van der Waals surface area (Å²) < 4.78 is 5.27. The van der Waals surface area contributed by atoms with Gasteiger partial charge in [-0.25, -0.2) is 0 Å². The van der Waals surface area contributed by atoms with E-state index in [1.807, 2.05) is 13.1 Å². The minimum Gasteiger partial charge on any atom is -0.508 e. The summed E-state index contributed by atoms with van der Waals surface area (Å²) in [4.78, 5) is 6.72. The Hall–Kier alpha value is -1.75. The molecule has 0 spiro atoms. The number of nitrogens with zero attached hydrogens (tertiary/aromatic N) is 2. The summed E-state index contributed by atoms with van der Waals surface area (Å²) in [5.41, 5.74) is 3.77. The number of rotatable bonds is 4. The first-order chi connectivity index (χ1) is 11.7. The van der Waals surface area contributed by atoms with Crippen LogP contribution in [0.3, 0.4) is 0 Å². The molecule has 2 N–H and O–H groups in total. The molecule has 24 heavy (non-hydrogen) atoms. The zero-order chi connectivity index (χ0) is 16.9. The molecule has 0 aromatic heterocycles. The van der Waals surface area contributed by atoms with Crippen LogP contribution in [0.4, 0.5) is 0 Å². The number of aryl methyl sites for hydroxylation is 1. The molecule has 1 atom stereocenters. The third-order valence-corrected chi connectivity index (χ3v) is 5.25. The van der Waals surface area contributed by atoms with Gasteiger partial charge in [0.25, 0.3) is 0 Å². The number of hydrogen-bond donors (Lipinski definition) is 2. The Bertz CT molecular complexity index is 601. The van der Waals surface area contributed by atoms with Crippen molar-refractivity contribution in [3.8, 4) is 5.75 Å². The van der Waals surface area contributed by atoms with E-state index in [1.54, 1.807) is 7.11 Å². The molecule has 132 valence electrons. The number of nitrogens with one attached hydrogen (secondary N) is 1. The molecule has 1 fully saturated rings. The van der Waals surface area contributed by atoms with Gasteiger partial charge in [0, 0.05) is 45.3 Å². The fourth-order valence-electron chi connectivity index (χ4n) is 3.99. The van der Waals surface area contributed by atoms with Crippen molar-refractivity contribution in [3.05, 3.63) is 28.8 Å². The van der Waals surface area contributed by atoms with E-state index in [9.17, 15) is 5.11 Å². The van der Waals surface area contributed by atoms with Crippen LogP contribution in [0.15, 0.2) is 17.1 Å². The maximum atomic E-state index is 10.3. The number of phenolic OH excluding ortho intramolecular Hbond substituents is 1. The van der Waals surface area contributed by atoms with Crippen LogP contribution in [0.25, 0.3) is 0 Å². The molecule has 0 bridgehead atoms. The first kappa shape index (κ1) is 17.1. The van der Waals surface area contributed by atoms with E-state index < -0.39 is 0 Å². The Morgan fingerprint density at radius 1 is 1.38 bits per heavy atom. The van der Waals surface area contributed by atoms with Gasteiger partial charge in [-0.3, -0.25) is 4.99 Å². The second-order valence-electron chi connectivity index (χ2n) is 6.86. The highest BCUT2D eigenvalue weighted by atomic mass is 16.5. The van der Waals surface area contributed by atoms with Crippen LogP contribution in [0, 0.1) is 5.92 Å². The fourth-order valence-corrected chi connectivity index (χ4v) is 3.99. The van der Waals surface area contributed by atoms with E-state index in [1.165, 1.54) is 24.0 Å². The lowest BCUT2D eigenvalue weighted by Gasteiger charge is -2.24. The normalized spacial score (nSPS) is 21.0. The number of guanidine groups is 1. The van der Waals surface area contributed by atoms with E-state index in [4.69, 9.17) is 4.74 Å². The number of aromatic hydroxyl groups is 1. The molecule has 2 aliphatic rings. The highest BCUT2D eigenvalue weighted by Gasteiger charge is 2.25. The van der Waals surface area contributed by atoms with E-state index in [2.05, 4.69) is 21.3 Å². The number of ether oxygens (including phenoxy) is 1. The third kappa shape index (κ3) is 3.66. The predicted molar refractivity (Wildman–Crippen MR) is 96.5 cm³/mol. The van der Waals surface area contributed by atoms with Gasteiger partial charge in [-0.05, 0) is 49.3 Å². The smallest absolute Gasteiger partial charge is 0.193 e. The number of benzene rings is 1. The Morgan fingerprint density at radius 2 is 2.21 bits per heavy atom. The molecule has 1 aliphatic heterocycles. The summed E-state index contributed by atoms with van der Waals surface area (Å²) in [6.07, 6.45) is 5.80. The van der Waals surface area contributed by atoms with Crippen molar-refractivity contribution >= 4 is 5.96 Å². The zero-order valence-corrected chi connectivity index (χ0v) is 14.8. The number of phenols is 1. The van der Waals surface area contributed by atoms with Crippen LogP contribution in [-0.2, 0) is 24.1 Å². The highest BCUT2D eigenvalue weighted by Crippen LogP contribution is 2.30. The van der Waals surface area contributed by atoms with E-state index in [-0.39, 0.29) is 0 Å². The minimum atomic E-state index is 0.400. The van der Waals surface area contributed by atoms with Gasteiger partial charge in [0.1, 0.15) is 5.75 Å². The van der Waals surface area contributed by atoms with Gasteiger partial charge in [0.05, 0.1) is 6.61 Å². The number of fused-ring (bicyclic) bond motifs is 1. The molecular formula is C19H29N3O2. The van der Waals surface area contributed by atoms with Gasteiger partial charge in [-0.1, -0.05) is 6.07 Å². The molecule has 0 saturated carbocycles. The Balaban J connectivity index is 1.67. The average Bonchev–Trinajstić information content (AvgIpc) is 3.06. The largest absolute Gasteiger partial charge is 0.508 e. The van der Waals surface area contributed by atoms with Crippen molar-refractivity contribution in [2.75, 3.05) is 33.9 Å². The fraction of sp³-hybridized carbons (Fsp3) is 0.632. The lowest BCUT2D eigenvalue weighted by molar-refractivity contribution is 0.157. The SMILES string of the molecule is CN=C(NCc1c(O)ccc2c1CCCC2)N1CCC(COC)C1. The number of hydrogen-bond acceptors (Lipinski definition) is 3. The second kappa shape index (κ2) is 7.88. The molecule has 1 saturated heterocycles. The Morgan fingerprint density at radius 3 is 3.00 bits per heavy atom. The standard InChI is InChI=1S/C19H29N3O2/c1-20-19(22-10-9-14(12-22)13-24-2)21-11-17-16-6-4-3-5-15(16)7-8-18(17)23/h7-8,14,23H,3-6,9-13H2,1-2H3,(H,20,21). The van der Waals surface area contributed by atoms with Crippen molar-refractivity contribution in [2.45, 2.75) is 38.6 Å². The van der Waals surface area contributed by atoms with Gasteiger partial charge in [-0.2, -0.15) is 0 Å². The summed E-state index contributed by atoms with van der Waals surface area (Å²) in [7, 11) is 3.59. The molecule has 5 heteroatoms. The lowest BCUT2D eigenvalue weighted by atomic mass is 9.88. The van der Waals surface area contributed by atoms with Gasteiger partial charge in [0.15, 0.2) is 5.96 Å². The van der Waals surface area contributed by atoms with E-state index >= 15 is 0 Å². The van der Waals surface area contributed by atoms with Crippen molar-refractivity contribution in [3.63, 3.8) is 0 Å². The molecule has 0 amide bonds. The minimum absolute atomic E-state index is 0.400. The van der Waals surface area contributed by atoms with Crippen LogP contribution >= 0.6 is 0 Å². The average molecular weight is 331 g/mol. The Labute approximate surface area is 144 Å². The van der Waals surface area contributed by atoms with Crippen molar-refractivity contribution < 1.29 is 9.84 Å². The predicted octanol–water partition coefficient (Wildman–Crippen LogP) is 2.31. The summed E-state index contributed by atoms with van der Waals surface area (Å²) in [6, 6.07) is 3.92. The molecule has 1 aliphatic carbocycles. The molecule has 1 aromatic rings. The van der Waals surface area contributed by atoms with Crippen LogP contribution in [-0.4, -0.2) is 49.8 Å². The van der Waals surface area contributed by atoms with Gasteiger partial charge in [0.2, 0.25) is 0 Å². The molecule has 1 heterocycles. The molecule has 0 radical (unpaired) electrons.